The first-order chi connectivity index (χ1) is 16.3. The van der Waals surface area contributed by atoms with E-state index in [0.717, 1.165) is 36.6 Å². The fraction of sp³-hybridized carbons (Fsp3) is 0.379. The molecule has 2 atom stereocenters. The fourth-order valence-electron chi connectivity index (χ4n) is 5.24. The lowest BCUT2D eigenvalue weighted by molar-refractivity contribution is 0.205. The SMILES string of the molecule is Oc1ccc2c(c1)C(c1ccc(OCCCN3CCCCC3)cc1)C(c1ccccc1)CO2. The second-order valence-corrected chi connectivity index (χ2v) is 9.20. The number of nitrogens with zero attached hydrogens (tertiary/aromatic N) is 1. The summed E-state index contributed by atoms with van der Waals surface area (Å²) in [4.78, 5) is 2.55. The Hall–Kier alpha value is -2.98. The summed E-state index contributed by atoms with van der Waals surface area (Å²) in [6.07, 6.45) is 5.10. The molecule has 33 heavy (non-hydrogen) atoms. The minimum atomic E-state index is 0.108. The number of fused-ring (bicyclic) bond motifs is 1. The third kappa shape index (κ3) is 5.17. The molecule has 0 aromatic heterocycles. The van der Waals surface area contributed by atoms with E-state index >= 15 is 0 Å². The first kappa shape index (κ1) is 21.8. The molecule has 2 aliphatic rings. The molecule has 0 bridgehead atoms. The Morgan fingerprint density at radius 2 is 1.67 bits per heavy atom. The molecular weight excluding hydrogens is 410 g/mol. The van der Waals surface area contributed by atoms with Gasteiger partial charge < -0.3 is 19.5 Å². The smallest absolute Gasteiger partial charge is 0.123 e. The number of likely N-dealkylation sites (tertiary alicyclic amines) is 1. The van der Waals surface area contributed by atoms with Crippen molar-refractivity contribution in [1.82, 2.24) is 4.90 Å². The van der Waals surface area contributed by atoms with Crippen molar-refractivity contribution >= 4 is 0 Å². The molecular formula is C29H33NO3. The van der Waals surface area contributed by atoms with Crippen LogP contribution < -0.4 is 9.47 Å². The molecule has 0 aliphatic carbocycles. The minimum absolute atomic E-state index is 0.108. The quantitative estimate of drug-likeness (QED) is 0.458. The molecule has 0 saturated carbocycles. The van der Waals surface area contributed by atoms with Gasteiger partial charge >= 0.3 is 0 Å². The van der Waals surface area contributed by atoms with Crippen LogP contribution in [0.3, 0.4) is 0 Å². The molecule has 3 aromatic carbocycles. The van der Waals surface area contributed by atoms with Crippen LogP contribution in [0.4, 0.5) is 0 Å². The number of rotatable bonds is 7. The van der Waals surface area contributed by atoms with Gasteiger partial charge in [0.2, 0.25) is 0 Å². The molecule has 5 rings (SSSR count). The Balaban J connectivity index is 1.31. The van der Waals surface area contributed by atoms with Crippen molar-refractivity contribution in [3.05, 3.63) is 89.5 Å². The summed E-state index contributed by atoms with van der Waals surface area (Å²) in [6.45, 7) is 4.95. The predicted octanol–water partition coefficient (Wildman–Crippen LogP) is 5.96. The number of ether oxygens (including phenoxy) is 2. The molecule has 2 unspecified atom stereocenters. The van der Waals surface area contributed by atoms with Crippen LogP contribution in [0.15, 0.2) is 72.8 Å². The number of benzene rings is 3. The van der Waals surface area contributed by atoms with Gasteiger partial charge in [-0.25, -0.2) is 0 Å². The van der Waals surface area contributed by atoms with Gasteiger partial charge in [0, 0.05) is 23.9 Å². The van der Waals surface area contributed by atoms with Crippen LogP contribution >= 0.6 is 0 Å². The summed E-state index contributed by atoms with van der Waals surface area (Å²) in [5.41, 5.74) is 3.49. The van der Waals surface area contributed by atoms with E-state index in [4.69, 9.17) is 9.47 Å². The number of aromatic hydroxyl groups is 1. The van der Waals surface area contributed by atoms with Crippen molar-refractivity contribution in [2.24, 2.45) is 0 Å². The normalized spacial score (nSPS) is 20.6. The van der Waals surface area contributed by atoms with Gasteiger partial charge in [0.15, 0.2) is 0 Å². The molecule has 2 heterocycles. The summed E-state index contributed by atoms with van der Waals surface area (Å²) in [6, 6.07) is 24.4. The minimum Gasteiger partial charge on any atom is -0.508 e. The van der Waals surface area contributed by atoms with Crippen molar-refractivity contribution in [2.75, 3.05) is 32.8 Å². The molecule has 172 valence electrons. The van der Waals surface area contributed by atoms with E-state index in [1.807, 2.05) is 18.2 Å². The topological polar surface area (TPSA) is 41.9 Å². The van der Waals surface area contributed by atoms with Crippen molar-refractivity contribution in [3.8, 4) is 17.2 Å². The first-order valence-corrected chi connectivity index (χ1v) is 12.2. The predicted molar refractivity (Wildman–Crippen MR) is 131 cm³/mol. The average molecular weight is 444 g/mol. The van der Waals surface area contributed by atoms with Crippen molar-refractivity contribution in [1.29, 1.82) is 0 Å². The van der Waals surface area contributed by atoms with Crippen LogP contribution in [-0.2, 0) is 0 Å². The summed E-state index contributed by atoms with van der Waals surface area (Å²) in [5, 5.41) is 10.2. The van der Waals surface area contributed by atoms with Gasteiger partial charge in [-0.05, 0) is 73.8 Å². The molecule has 0 spiro atoms. The number of hydrogen-bond donors (Lipinski definition) is 1. The van der Waals surface area contributed by atoms with Crippen LogP contribution in [0.25, 0.3) is 0 Å². The van der Waals surface area contributed by atoms with E-state index < -0.39 is 0 Å². The monoisotopic (exact) mass is 443 g/mol. The van der Waals surface area contributed by atoms with E-state index in [-0.39, 0.29) is 17.6 Å². The number of phenolic OH excluding ortho intramolecular Hbond substituents is 1. The van der Waals surface area contributed by atoms with E-state index in [1.165, 1.54) is 43.5 Å². The molecule has 4 heteroatoms. The van der Waals surface area contributed by atoms with Gasteiger partial charge in [0.05, 0.1) is 13.2 Å². The van der Waals surface area contributed by atoms with Crippen molar-refractivity contribution in [2.45, 2.75) is 37.5 Å². The molecule has 4 nitrogen and oxygen atoms in total. The fourth-order valence-corrected chi connectivity index (χ4v) is 5.24. The maximum Gasteiger partial charge on any atom is 0.123 e. The average Bonchev–Trinajstić information content (AvgIpc) is 2.87. The molecule has 2 aliphatic heterocycles. The highest BCUT2D eigenvalue weighted by Crippen LogP contribution is 2.47. The first-order valence-electron chi connectivity index (χ1n) is 12.2. The zero-order valence-electron chi connectivity index (χ0n) is 19.2. The third-order valence-electron chi connectivity index (χ3n) is 6.95. The van der Waals surface area contributed by atoms with Crippen LogP contribution in [0.2, 0.25) is 0 Å². The van der Waals surface area contributed by atoms with E-state index in [1.54, 1.807) is 6.07 Å². The molecule has 1 N–H and O–H groups in total. The highest BCUT2D eigenvalue weighted by Gasteiger charge is 2.33. The van der Waals surface area contributed by atoms with Crippen LogP contribution in [0.1, 0.15) is 54.2 Å². The van der Waals surface area contributed by atoms with Crippen LogP contribution in [-0.4, -0.2) is 42.9 Å². The van der Waals surface area contributed by atoms with Crippen molar-refractivity contribution < 1.29 is 14.6 Å². The summed E-state index contributed by atoms with van der Waals surface area (Å²) >= 11 is 0. The molecule has 1 fully saturated rings. The lowest BCUT2D eigenvalue weighted by Gasteiger charge is -2.34. The van der Waals surface area contributed by atoms with Crippen LogP contribution in [0.5, 0.6) is 17.2 Å². The largest absolute Gasteiger partial charge is 0.508 e. The standard InChI is InChI=1S/C29H33NO3/c31-24-12-15-28-26(20-24)29(27(21-33-28)22-8-3-1-4-9-22)23-10-13-25(14-11-23)32-19-7-18-30-16-5-2-6-17-30/h1,3-4,8-15,20,27,29,31H,2,5-7,16-19,21H2. The lowest BCUT2D eigenvalue weighted by atomic mass is 9.76. The summed E-state index contributed by atoms with van der Waals surface area (Å²) < 4.78 is 12.1. The molecule has 0 radical (unpaired) electrons. The Labute approximate surface area is 196 Å². The van der Waals surface area contributed by atoms with E-state index in [0.29, 0.717) is 6.61 Å². The van der Waals surface area contributed by atoms with Gasteiger partial charge in [-0.15, -0.1) is 0 Å². The Bertz CT molecular complexity index is 1030. The Morgan fingerprint density at radius 3 is 2.45 bits per heavy atom. The Kier molecular flexibility index (Phi) is 6.82. The Morgan fingerprint density at radius 1 is 0.879 bits per heavy atom. The van der Waals surface area contributed by atoms with E-state index in [9.17, 15) is 5.11 Å². The van der Waals surface area contributed by atoms with Gasteiger partial charge in [-0.2, -0.15) is 0 Å². The number of piperidine rings is 1. The molecule has 3 aromatic rings. The number of hydrogen-bond acceptors (Lipinski definition) is 4. The van der Waals surface area contributed by atoms with Gasteiger partial charge in [-0.3, -0.25) is 0 Å². The number of phenols is 1. The zero-order chi connectivity index (χ0) is 22.5. The van der Waals surface area contributed by atoms with Crippen molar-refractivity contribution in [3.63, 3.8) is 0 Å². The molecule has 1 saturated heterocycles. The maximum atomic E-state index is 10.2. The van der Waals surface area contributed by atoms with Gasteiger partial charge in [0.25, 0.3) is 0 Å². The zero-order valence-corrected chi connectivity index (χ0v) is 19.2. The molecule has 0 amide bonds. The second-order valence-electron chi connectivity index (χ2n) is 9.20. The maximum absolute atomic E-state index is 10.2. The van der Waals surface area contributed by atoms with Crippen LogP contribution in [0, 0.1) is 0 Å². The van der Waals surface area contributed by atoms with E-state index in [2.05, 4.69) is 53.4 Å². The lowest BCUT2D eigenvalue weighted by Crippen LogP contribution is -2.31. The third-order valence-corrected chi connectivity index (χ3v) is 6.95. The highest BCUT2D eigenvalue weighted by atomic mass is 16.5. The highest BCUT2D eigenvalue weighted by molar-refractivity contribution is 5.51. The summed E-state index contributed by atoms with van der Waals surface area (Å²) in [5.74, 6) is 2.32. The summed E-state index contributed by atoms with van der Waals surface area (Å²) in [7, 11) is 0. The second kappa shape index (κ2) is 10.3. The van der Waals surface area contributed by atoms with Gasteiger partial charge in [0.1, 0.15) is 17.2 Å². The van der Waals surface area contributed by atoms with Gasteiger partial charge in [-0.1, -0.05) is 48.9 Å².